The maximum Gasteiger partial charge on any atom is 0.411 e. The number of benzene rings is 2. The number of ether oxygens (including phenoxy) is 1. The summed E-state index contributed by atoms with van der Waals surface area (Å²) in [5, 5.41) is 10.8. The zero-order chi connectivity index (χ0) is 16.1. The Kier molecular flexibility index (Phi) is 4.95. The van der Waals surface area contributed by atoms with Crippen molar-refractivity contribution in [3.63, 3.8) is 0 Å². The summed E-state index contributed by atoms with van der Waals surface area (Å²) >= 11 is 5.67. The molecule has 5 nitrogen and oxygen atoms in total. The van der Waals surface area contributed by atoms with Gasteiger partial charge in [-0.25, -0.2) is 14.0 Å². The van der Waals surface area contributed by atoms with Crippen LogP contribution in [0, 0.1) is 5.82 Å². The Balaban J connectivity index is 2.01. The van der Waals surface area contributed by atoms with E-state index < -0.39 is 23.4 Å². The summed E-state index contributed by atoms with van der Waals surface area (Å²) in [7, 11) is 0. The molecule has 22 heavy (non-hydrogen) atoms. The Labute approximate surface area is 130 Å². The van der Waals surface area contributed by atoms with E-state index in [-0.39, 0.29) is 17.3 Å². The van der Waals surface area contributed by atoms with Gasteiger partial charge in [0.25, 0.3) is 0 Å². The van der Waals surface area contributed by atoms with Gasteiger partial charge in [0.2, 0.25) is 0 Å². The summed E-state index contributed by atoms with van der Waals surface area (Å²) in [5.41, 5.74) is 0.151. The van der Waals surface area contributed by atoms with Crippen molar-refractivity contribution in [1.82, 2.24) is 0 Å². The number of aromatic carboxylic acids is 1. The molecular formula is C15H11ClFNO4. The number of halogens is 2. The molecule has 7 heteroatoms. The number of anilines is 1. The highest BCUT2D eigenvalue weighted by Gasteiger charge is 2.17. The minimum atomic E-state index is -1.49. The first kappa shape index (κ1) is 15.8. The van der Waals surface area contributed by atoms with Crippen LogP contribution in [0.3, 0.4) is 0 Å². The number of hydrogen-bond acceptors (Lipinski definition) is 3. The molecule has 0 aliphatic heterocycles. The second kappa shape index (κ2) is 6.91. The van der Waals surface area contributed by atoms with E-state index in [0.29, 0.717) is 0 Å². The lowest BCUT2D eigenvalue weighted by Gasteiger charge is -2.09. The van der Waals surface area contributed by atoms with Crippen LogP contribution in [0.1, 0.15) is 15.9 Å². The van der Waals surface area contributed by atoms with Crippen LogP contribution >= 0.6 is 11.6 Å². The van der Waals surface area contributed by atoms with Gasteiger partial charge < -0.3 is 9.84 Å². The van der Waals surface area contributed by atoms with E-state index in [1.54, 1.807) is 24.3 Å². The molecule has 1 amide bonds. The molecule has 0 fully saturated rings. The molecule has 0 heterocycles. The SMILES string of the molecule is O=C(Nc1cc(F)c(C(=O)O)c(Cl)c1)OCc1ccccc1. The molecule has 2 N–H and O–H groups in total. The van der Waals surface area contributed by atoms with E-state index in [2.05, 4.69) is 5.32 Å². The van der Waals surface area contributed by atoms with Crippen LogP contribution in [0.2, 0.25) is 5.02 Å². The average Bonchev–Trinajstić information content (AvgIpc) is 2.45. The van der Waals surface area contributed by atoms with E-state index in [9.17, 15) is 14.0 Å². The van der Waals surface area contributed by atoms with Gasteiger partial charge in [-0.05, 0) is 17.7 Å². The van der Waals surface area contributed by atoms with Crippen LogP contribution in [0.15, 0.2) is 42.5 Å². The monoisotopic (exact) mass is 323 g/mol. The lowest BCUT2D eigenvalue weighted by atomic mass is 10.2. The first-order chi connectivity index (χ1) is 10.5. The Morgan fingerprint density at radius 1 is 1.23 bits per heavy atom. The van der Waals surface area contributed by atoms with E-state index in [4.69, 9.17) is 21.4 Å². The molecule has 0 radical (unpaired) electrons. The van der Waals surface area contributed by atoms with Crippen molar-refractivity contribution in [2.45, 2.75) is 6.61 Å². The average molecular weight is 324 g/mol. The zero-order valence-electron chi connectivity index (χ0n) is 11.2. The fourth-order valence-corrected chi connectivity index (χ4v) is 2.02. The van der Waals surface area contributed by atoms with Crippen molar-refractivity contribution in [3.05, 3.63) is 64.4 Å². The van der Waals surface area contributed by atoms with Gasteiger partial charge in [0, 0.05) is 5.69 Å². The van der Waals surface area contributed by atoms with Gasteiger partial charge in [-0.3, -0.25) is 5.32 Å². The van der Waals surface area contributed by atoms with Crippen molar-refractivity contribution in [2.24, 2.45) is 0 Å². The van der Waals surface area contributed by atoms with Crippen LogP contribution in [0.5, 0.6) is 0 Å². The minimum absolute atomic E-state index is 0.00515. The van der Waals surface area contributed by atoms with Crippen LogP contribution < -0.4 is 5.32 Å². The molecule has 2 rings (SSSR count). The highest BCUT2D eigenvalue weighted by Crippen LogP contribution is 2.24. The summed E-state index contributed by atoms with van der Waals surface area (Å²) in [4.78, 5) is 22.4. The third-order valence-electron chi connectivity index (χ3n) is 2.72. The quantitative estimate of drug-likeness (QED) is 0.894. The maximum atomic E-state index is 13.6. The van der Waals surface area contributed by atoms with Gasteiger partial charge in [0.15, 0.2) is 0 Å². The molecule has 0 unspecified atom stereocenters. The Morgan fingerprint density at radius 2 is 1.91 bits per heavy atom. The van der Waals surface area contributed by atoms with Crippen LogP contribution in [-0.2, 0) is 11.3 Å². The van der Waals surface area contributed by atoms with Crippen molar-refractivity contribution in [2.75, 3.05) is 5.32 Å². The normalized spacial score (nSPS) is 10.1. The molecule has 0 atom stereocenters. The Morgan fingerprint density at radius 3 is 2.50 bits per heavy atom. The number of carbonyl (C=O) groups excluding carboxylic acids is 1. The number of hydrogen-bond donors (Lipinski definition) is 2. The molecule has 2 aromatic rings. The third-order valence-corrected chi connectivity index (χ3v) is 3.01. The van der Waals surface area contributed by atoms with Gasteiger partial charge in [-0.15, -0.1) is 0 Å². The third kappa shape index (κ3) is 3.95. The summed E-state index contributed by atoms with van der Waals surface area (Å²) < 4.78 is 18.6. The van der Waals surface area contributed by atoms with E-state index in [1.807, 2.05) is 6.07 Å². The molecule has 0 saturated carbocycles. The molecule has 0 aromatic heterocycles. The number of carboxylic acid groups (broad SMARTS) is 1. The molecule has 114 valence electrons. The predicted octanol–water partition coefficient (Wildman–Crippen LogP) is 3.93. The lowest BCUT2D eigenvalue weighted by molar-refractivity contribution is 0.0692. The lowest BCUT2D eigenvalue weighted by Crippen LogP contribution is -2.14. The first-order valence-corrected chi connectivity index (χ1v) is 6.55. The van der Waals surface area contributed by atoms with Crippen LogP contribution in [0.25, 0.3) is 0 Å². The number of carboxylic acids is 1. The minimum Gasteiger partial charge on any atom is -0.478 e. The van der Waals surface area contributed by atoms with Crippen molar-refractivity contribution in [3.8, 4) is 0 Å². The van der Waals surface area contributed by atoms with E-state index in [1.165, 1.54) is 0 Å². The summed E-state index contributed by atoms with van der Waals surface area (Å²) in [6.45, 7) is 0.0517. The van der Waals surface area contributed by atoms with E-state index >= 15 is 0 Å². The highest BCUT2D eigenvalue weighted by molar-refractivity contribution is 6.33. The van der Waals surface area contributed by atoms with Crippen molar-refractivity contribution in [1.29, 1.82) is 0 Å². The molecule has 0 spiro atoms. The number of amides is 1. The van der Waals surface area contributed by atoms with Gasteiger partial charge >= 0.3 is 12.1 Å². The van der Waals surface area contributed by atoms with Crippen LogP contribution in [0.4, 0.5) is 14.9 Å². The fourth-order valence-electron chi connectivity index (χ4n) is 1.73. The van der Waals surface area contributed by atoms with Crippen molar-refractivity contribution < 1.29 is 23.8 Å². The van der Waals surface area contributed by atoms with Crippen molar-refractivity contribution >= 4 is 29.4 Å². The maximum absolute atomic E-state index is 13.6. The molecule has 0 aliphatic rings. The van der Waals surface area contributed by atoms with Gasteiger partial charge in [0.05, 0.1) is 5.02 Å². The topological polar surface area (TPSA) is 75.6 Å². The first-order valence-electron chi connectivity index (χ1n) is 6.17. The molecular weight excluding hydrogens is 313 g/mol. The van der Waals surface area contributed by atoms with Crippen LogP contribution in [-0.4, -0.2) is 17.2 Å². The summed E-state index contributed by atoms with van der Waals surface area (Å²) in [5.74, 6) is -2.53. The van der Waals surface area contributed by atoms with E-state index in [0.717, 1.165) is 17.7 Å². The fraction of sp³-hybridized carbons (Fsp3) is 0.0667. The largest absolute Gasteiger partial charge is 0.478 e. The van der Waals surface area contributed by atoms with Gasteiger partial charge in [-0.1, -0.05) is 41.9 Å². The Bertz CT molecular complexity index is 683. The second-order valence-corrected chi connectivity index (χ2v) is 4.71. The summed E-state index contributed by atoms with van der Waals surface area (Å²) in [6.07, 6.45) is -0.803. The Hall–Kier alpha value is -2.60. The smallest absolute Gasteiger partial charge is 0.411 e. The highest BCUT2D eigenvalue weighted by atomic mass is 35.5. The van der Waals surface area contributed by atoms with Gasteiger partial charge in [-0.2, -0.15) is 0 Å². The zero-order valence-corrected chi connectivity index (χ0v) is 11.9. The summed E-state index contributed by atoms with van der Waals surface area (Å²) in [6, 6.07) is 11.0. The number of rotatable bonds is 4. The second-order valence-electron chi connectivity index (χ2n) is 4.31. The molecule has 0 bridgehead atoms. The number of carbonyl (C=O) groups is 2. The number of nitrogens with one attached hydrogen (secondary N) is 1. The molecule has 0 saturated heterocycles. The predicted molar refractivity (Wildman–Crippen MR) is 78.6 cm³/mol. The standard InChI is InChI=1S/C15H11ClFNO4/c16-11-6-10(7-12(17)13(11)14(19)20)18-15(21)22-8-9-4-2-1-3-5-9/h1-7H,8H2,(H,18,21)(H,19,20). The molecule has 2 aromatic carbocycles. The van der Waals surface area contributed by atoms with Gasteiger partial charge in [0.1, 0.15) is 18.0 Å². The molecule has 0 aliphatic carbocycles.